The lowest BCUT2D eigenvalue weighted by molar-refractivity contribution is -0.248. The van der Waals surface area contributed by atoms with Crippen molar-refractivity contribution in [3.63, 3.8) is 0 Å². The quantitative estimate of drug-likeness (QED) is 0.387. The Bertz CT molecular complexity index is 1240. The molecule has 1 aromatic heterocycles. The van der Waals surface area contributed by atoms with Crippen molar-refractivity contribution in [2.24, 2.45) is 0 Å². The fraction of sp³-hybridized carbons (Fsp3) is 0.0909. The van der Waals surface area contributed by atoms with Crippen LogP contribution in [0.15, 0.2) is 72.9 Å². The summed E-state index contributed by atoms with van der Waals surface area (Å²) in [4.78, 5) is 11.0. The van der Waals surface area contributed by atoms with E-state index >= 15 is 0 Å². The first-order valence-corrected chi connectivity index (χ1v) is 8.83. The molecule has 0 aliphatic heterocycles. The van der Waals surface area contributed by atoms with E-state index in [1.807, 2.05) is 6.07 Å². The molecule has 0 aliphatic rings. The van der Waals surface area contributed by atoms with Crippen LogP contribution in [0.25, 0.3) is 16.6 Å². The molecule has 152 valence electrons. The molecule has 0 fully saturated rings. The van der Waals surface area contributed by atoms with Crippen molar-refractivity contribution in [2.75, 3.05) is 0 Å². The number of aldehydes is 1. The third kappa shape index (κ3) is 3.05. The van der Waals surface area contributed by atoms with Gasteiger partial charge in [0.25, 0.3) is 0 Å². The highest BCUT2D eigenvalue weighted by Gasteiger charge is 2.56. The van der Waals surface area contributed by atoms with Gasteiger partial charge in [-0.2, -0.15) is 18.3 Å². The number of rotatable bonds is 4. The maximum atomic E-state index is 14.0. The second-order valence-electron chi connectivity index (χ2n) is 6.73. The Balaban J connectivity index is 1.89. The average molecular weight is 414 g/mol. The van der Waals surface area contributed by atoms with E-state index in [-0.39, 0.29) is 6.29 Å². The number of halogens is 4. The lowest BCUT2D eigenvalue weighted by atomic mass is 9.84. The smallest absolute Gasteiger partial charge is 0.372 e. The summed E-state index contributed by atoms with van der Waals surface area (Å²) in [5, 5.41) is 15.4. The molecule has 0 radical (unpaired) electrons. The zero-order valence-electron chi connectivity index (χ0n) is 15.3. The molecule has 1 heterocycles. The lowest BCUT2D eigenvalue weighted by Gasteiger charge is -2.31. The molecule has 4 rings (SSSR count). The highest BCUT2D eigenvalue weighted by molar-refractivity contribution is 5.81. The number of fused-ring (bicyclic) bond motifs is 1. The highest BCUT2D eigenvalue weighted by atomic mass is 19.4. The molecule has 0 saturated heterocycles. The molecule has 4 aromatic rings. The molecule has 1 unspecified atom stereocenters. The third-order valence-corrected chi connectivity index (χ3v) is 4.94. The van der Waals surface area contributed by atoms with E-state index in [2.05, 4.69) is 5.10 Å². The van der Waals surface area contributed by atoms with E-state index in [4.69, 9.17) is 0 Å². The van der Waals surface area contributed by atoms with Crippen molar-refractivity contribution in [3.8, 4) is 5.69 Å². The van der Waals surface area contributed by atoms with Gasteiger partial charge in [0.2, 0.25) is 5.60 Å². The van der Waals surface area contributed by atoms with Crippen molar-refractivity contribution in [2.45, 2.75) is 11.8 Å². The van der Waals surface area contributed by atoms with Crippen LogP contribution in [0, 0.1) is 5.82 Å². The summed E-state index contributed by atoms with van der Waals surface area (Å²) in [5.41, 5.74) is -3.88. The summed E-state index contributed by atoms with van der Waals surface area (Å²) in [7, 11) is 0. The maximum absolute atomic E-state index is 14.0. The molecule has 1 N–H and O–H groups in total. The lowest BCUT2D eigenvalue weighted by Crippen LogP contribution is -2.43. The number of para-hydroxylation sites is 1. The number of hydrogen-bond acceptors (Lipinski definition) is 3. The van der Waals surface area contributed by atoms with Crippen molar-refractivity contribution in [3.05, 3.63) is 95.4 Å². The van der Waals surface area contributed by atoms with Gasteiger partial charge in [-0.05, 0) is 47.5 Å². The van der Waals surface area contributed by atoms with E-state index in [9.17, 15) is 27.5 Å². The molecular formula is C22H14F4N2O2. The van der Waals surface area contributed by atoms with Crippen molar-refractivity contribution in [1.29, 1.82) is 0 Å². The number of aliphatic hydroxyl groups is 1. The molecule has 0 spiro atoms. The predicted octanol–water partition coefficient (Wildman–Crippen LogP) is 4.78. The zero-order chi connectivity index (χ0) is 21.5. The first kappa shape index (κ1) is 19.8. The van der Waals surface area contributed by atoms with Crippen LogP contribution in [0.5, 0.6) is 0 Å². The molecule has 0 bridgehead atoms. The van der Waals surface area contributed by atoms with Crippen LogP contribution in [0.2, 0.25) is 0 Å². The van der Waals surface area contributed by atoms with Gasteiger partial charge in [-0.1, -0.05) is 30.3 Å². The Hall–Kier alpha value is -3.52. The van der Waals surface area contributed by atoms with Gasteiger partial charge in [-0.3, -0.25) is 4.79 Å². The molecule has 1 atom stereocenters. The van der Waals surface area contributed by atoms with Gasteiger partial charge in [0.1, 0.15) is 5.82 Å². The van der Waals surface area contributed by atoms with Gasteiger partial charge in [0.05, 0.1) is 23.0 Å². The maximum Gasteiger partial charge on any atom is 0.425 e. The van der Waals surface area contributed by atoms with Crippen LogP contribution in [0.4, 0.5) is 17.6 Å². The summed E-state index contributed by atoms with van der Waals surface area (Å²) in [5.74, 6) is -0.974. The SMILES string of the molecule is O=Cc1cc(C(O)(c2ccc3c(cnn3-c3ccccc3)c2)C(F)(F)F)ccc1F. The molecule has 4 nitrogen and oxygen atoms in total. The van der Waals surface area contributed by atoms with E-state index < -0.39 is 34.3 Å². The summed E-state index contributed by atoms with van der Waals surface area (Å²) in [6.45, 7) is 0. The van der Waals surface area contributed by atoms with Gasteiger partial charge in [-0.15, -0.1) is 0 Å². The Morgan fingerprint density at radius 3 is 2.27 bits per heavy atom. The summed E-state index contributed by atoms with van der Waals surface area (Å²) >= 11 is 0. The third-order valence-electron chi connectivity index (χ3n) is 4.94. The van der Waals surface area contributed by atoms with Crippen LogP contribution in [-0.4, -0.2) is 27.3 Å². The number of alkyl halides is 3. The van der Waals surface area contributed by atoms with Crippen LogP contribution in [0.3, 0.4) is 0 Å². The first-order valence-electron chi connectivity index (χ1n) is 8.83. The molecule has 0 amide bonds. The molecule has 0 saturated carbocycles. The molecular weight excluding hydrogens is 400 g/mol. The van der Waals surface area contributed by atoms with Crippen molar-refractivity contribution < 1.29 is 27.5 Å². The zero-order valence-corrected chi connectivity index (χ0v) is 15.3. The molecule has 30 heavy (non-hydrogen) atoms. The first-order chi connectivity index (χ1) is 14.3. The number of hydrogen-bond donors (Lipinski definition) is 1. The Morgan fingerprint density at radius 1 is 0.933 bits per heavy atom. The topological polar surface area (TPSA) is 55.1 Å². The van der Waals surface area contributed by atoms with Gasteiger partial charge >= 0.3 is 6.18 Å². The van der Waals surface area contributed by atoms with Crippen LogP contribution in [-0.2, 0) is 5.60 Å². The molecule has 3 aromatic carbocycles. The minimum Gasteiger partial charge on any atom is -0.372 e. The minimum absolute atomic E-state index is 0.0999. The van der Waals surface area contributed by atoms with Crippen molar-refractivity contribution in [1.82, 2.24) is 9.78 Å². The highest BCUT2D eigenvalue weighted by Crippen LogP contribution is 2.45. The normalized spacial score (nSPS) is 13.9. The van der Waals surface area contributed by atoms with Gasteiger partial charge in [-0.25, -0.2) is 9.07 Å². The predicted molar refractivity (Wildman–Crippen MR) is 102 cm³/mol. The fourth-order valence-electron chi connectivity index (χ4n) is 3.39. The number of nitrogens with zero attached hydrogens (tertiary/aromatic N) is 2. The Morgan fingerprint density at radius 2 is 1.60 bits per heavy atom. The van der Waals surface area contributed by atoms with E-state index in [1.165, 1.54) is 18.3 Å². The largest absolute Gasteiger partial charge is 0.425 e. The number of carbonyl (C=O) groups excluding carboxylic acids is 1. The summed E-state index contributed by atoms with van der Waals surface area (Å²) in [6, 6.07) is 15.0. The van der Waals surface area contributed by atoms with Crippen LogP contribution in [0.1, 0.15) is 21.5 Å². The Labute approximate surface area is 168 Å². The average Bonchev–Trinajstić information content (AvgIpc) is 3.16. The summed E-state index contributed by atoms with van der Waals surface area (Å²) < 4.78 is 57.3. The Kier molecular flexibility index (Phi) is 4.66. The van der Waals surface area contributed by atoms with Gasteiger partial charge < -0.3 is 5.11 Å². The number of benzene rings is 3. The van der Waals surface area contributed by atoms with E-state index in [1.54, 1.807) is 28.9 Å². The fourth-order valence-corrected chi connectivity index (χ4v) is 3.39. The summed E-state index contributed by atoms with van der Waals surface area (Å²) in [6.07, 6.45) is -3.64. The van der Waals surface area contributed by atoms with Crippen LogP contribution >= 0.6 is 0 Å². The van der Waals surface area contributed by atoms with Crippen LogP contribution < -0.4 is 0 Å². The van der Waals surface area contributed by atoms with E-state index in [0.717, 1.165) is 23.9 Å². The van der Waals surface area contributed by atoms with Crippen molar-refractivity contribution >= 4 is 17.2 Å². The van der Waals surface area contributed by atoms with Gasteiger partial charge in [0.15, 0.2) is 6.29 Å². The van der Waals surface area contributed by atoms with Gasteiger partial charge in [0, 0.05) is 5.39 Å². The number of aromatic nitrogens is 2. The molecule has 8 heteroatoms. The standard InChI is InChI=1S/C22H14F4N2O2/c23-19-8-6-16(11-15(19)13-29)21(30,22(24,25)26)17-7-9-20-14(10-17)12-27-28(20)18-4-2-1-3-5-18/h1-13,30H. The second-order valence-corrected chi connectivity index (χ2v) is 6.73. The second kappa shape index (κ2) is 7.07. The number of carbonyl (C=O) groups is 1. The minimum atomic E-state index is -5.13. The van der Waals surface area contributed by atoms with E-state index in [0.29, 0.717) is 17.0 Å². The molecule has 0 aliphatic carbocycles. The monoisotopic (exact) mass is 414 g/mol.